The van der Waals surface area contributed by atoms with Gasteiger partial charge in [-0.2, -0.15) is 16.8 Å². The Morgan fingerprint density at radius 2 is 1.05 bits per heavy atom. The molecule has 0 aliphatic rings. The summed E-state index contributed by atoms with van der Waals surface area (Å²) in [7, 11) is -6.59. The van der Waals surface area contributed by atoms with Crippen molar-refractivity contribution in [3.63, 3.8) is 0 Å². The van der Waals surface area contributed by atoms with Crippen molar-refractivity contribution in [3.8, 4) is 0 Å². The van der Waals surface area contributed by atoms with Crippen LogP contribution in [0.2, 0.25) is 0 Å². The van der Waals surface area contributed by atoms with E-state index in [4.69, 9.17) is 0 Å². The van der Waals surface area contributed by atoms with Crippen LogP contribution in [0.25, 0.3) is 10.8 Å². The van der Waals surface area contributed by atoms with Crippen LogP contribution in [0, 0.1) is 0 Å². The standard InChI is InChI=1S/C12H8O8S2/c13-11(19-21(15)16)9-3-1-7-5-10(4-2-8(7)6-9)12(14)20-22(17)18/h1-6,21-22H. The van der Waals surface area contributed by atoms with Gasteiger partial charge in [-0.05, 0) is 35.0 Å². The molecule has 2 rings (SSSR count). The predicted molar refractivity (Wildman–Crippen MR) is 75.4 cm³/mol. The van der Waals surface area contributed by atoms with E-state index in [1.54, 1.807) is 0 Å². The van der Waals surface area contributed by atoms with Gasteiger partial charge in [-0.3, -0.25) is 0 Å². The Labute approximate surface area is 127 Å². The van der Waals surface area contributed by atoms with Crippen molar-refractivity contribution < 1.29 is 34.8 Å². The van der Waals surface area contributed by atoms with Crippen LogP contribution in [0.5, 0.6) is 0 Å². The van der Waals surface area contributed by atoms with Crippen molar-refractivity contribution in [2.24, 2.45) is 0 Å². The second-order valence-corrected chi connectivity index (χ2v) is 5.24. The van der Waals surface area contributed by atoms with E-state index < -0.39 is 33.9 Å². The lowest BCUT2D eigenvalue weighted by Gasteiger charge is -2.03. The average molecular weight is 344 g/mol. The molecule has 0 saturated heterocycles. The fourth-order valence-corrected chi connectivity index (χ4v) is 2.22. The van der Waals surface area contributed by atoms with E-state index in [1.165, 1.54) is 36.4 Å². The second kappa shape index (κ2) is 6.54. The summed E-state index contributed by atoms with van der Waals surface area (Å²) in [5.41, 5.74) is 0.0364. The van der Waals surface area contributed by atoms with Crippen molar-refractivity contribution >= 4 is 44.7 Å². The molecule has 0 radical (unpaired) electrons. The molecule has 0 aromatic heterocycles. The van der Waals surface area contributed by atoms with E-state index in [0.29, 0.717) is 10.8 Å². The number of hydrogen-bond donors (Lipinski definition) is 2. The van der Waals surface area contributed by atoms with Gasteiger partial charge in [0.1, 0.15) is 0 Å². The minimum absolute atomic E-state index is 0.0182. The summed E-state index contributed by atoms with van der Waals surface area (Å²) < 4.78 is 49.5. The number of rotatable bonds is 4. The van der Waals surface area contributed by atoms with Crippen LogP contribution >= 0.6 is 0 Å². The molecule has 0 bridgehead atoms. The fourth-order valence-electron chi connectivity index (χ4n) is 1.74. The van der Waals surface area contributed by atoms with Gasteiger partial charge < -0.3 is 8.37 Å². The van der Waals surface area contributed by atoms with Gasteiger partial charge in [0.15, 0.2) is 0 Å². The molecule has 0 heterocycles. The largest absolute Gasteiger partial charge is 0.353 e. The zero-order valence-electron chi connectivity index (χ0n) is 10.6. The highest BCUT2D eigenvalue weighted by Gasteiger charge is 2.12. The van der Waals surface area contributed by atoms with E-state index >= 15 is 0 Å². The zero-order chi connectivity index (χ0) is 16.3. The molecule has 0 saturated carbocycles. The lowest BCUT2D eigenvalue weighted by molar-refractivity contribution is 0.0743. The van der Waals surface area contributed by atoms with Gasteiger partial charge in [0.2, 0.25) is 0 Å². The van der Waals surface area contributed by atoms with Crippen LogP contribution in [0.3, 0.4) is 0 Å². The molecule has 0 fully saturated rings. The van der Waals surface area contributed by atoms with Gasteiger partial charge in [0.05, 0.1) is 11.1 Å². The maximum atomic E-state index is 11.4. The number of fused-ring (bicyclic) bond motifs is 1. The Morgan fingerprint density at radius 3 is 1.36 bits per heavy atom. The highest BCUT2D eigenvalue weighted by atomic mass is 32.2. The topological polar surface area (TPSA) is 121 Å². The Kier molecular flexibility index (Phi) is 4.73. The van der Waals surface area contributed by atoms with E-state index in [1.807, 2.05) is 0 Å². The van der Waals surface area contributed by atoms with Crippen LogP contribution in [0.4, 0.5) is 0 Å². The van der Waals surface area contributed by atoms with Crippen molar-refractivity contribution in [2.45, 2.75) is 0 Å². The van der Waals surface area contributed by atoms with Gasteiger partial charge in [0, 0.05) is 0 Å². The molecular formula is C12H8O8S2. The molecule has 0 spiro atoms. The first-order chi connectivity index (χ1) is 10.4. The summed E-state index contributed by atoms with van der Waals surface area (Å²) in [6, 6.07) is 8.29. The first kappa shape index (κ1) is 15.9. The van der Waals surface area contributed by atoms with Crippen LogP contribution in [-0.4, -0.2) is 28.8 Å². The summed E-state index contributed by atoms with van der Waals surface area (Å²) in [5, 5.41) is 1.05. The highest BCUT2D eigenvalue weighted by Crippen LogP contribution is 2.19. The summed E-state index contributed by atoms with van der Waals surface area (Å²) in [4.78, 5) is 22.9. The molecule has 0 amide bonds. The smallest absolute Gasteiger partial charge is 0.343 e. The average Bonchev–Trinajstić information content (AvgIpc) is 2.44. The van der Waals surface area contributed by atoms with Crippen LogP contribution in [0.1, 0.15) is 20.7 Å². The number of carbonyl (C=O) groups excluding carboxylic acids is 2. The van der Waals surface area contributed by atoms with Gasteiger partial charge in [-0.15, -0.1) is 0 Å². The zero-order valence-corrected chi connectivity index (χ0v) is 12.4. The third-order valence-electron chi connectivity index (χ3n) is 2.63. The van der Waals surface area contributed by atoms with Crippen molar-refractivity contribution in [1.29, 1.82) is 0 Å². The maximum absolute atomic E-state index is 11.4. The lowest BCUT2D eigenvalue weighted by atomic mass is 10.0. The highest BCUT2D eigenvalue weighted by molar-refractivity contribution is 7.67. The van der Waals surface area contributed by atoms with Crippen molar-refractivity contribution in [2.75, 3.05) is 0 Å². The van der Waals surface area contributed by atoms with E-state index in [9.17, 15) is 26.4 Å². The summed E-state index contributed by atoms with van der Waals surface area (Å²) in [6.07, 6.45) is 0. The molecule has 0 atom stereocenters. The maximum Gasteiger partial charge on any atom is 0.353 e. The first-order valence-electron chi connectivity index (χ1n) is 5.64. The Hall–Kier alpha value is -2.46. The summed E-state index contributed by atoms with van der Waals surface area (Å²) in [5.74, 6) is -2.05. The molecule has 2 aromatic carbocycles. The molecular weight excluding hydrogens is 336 g/mol. The summed E-state index contributed by atoms with van der Waals surface area (Å²) in [6.45, 7) is 0. The molecule has 22 heavy (non-hydrogen) atoms. The Morgan fingerprint density at radius 1 is 0.682 bits per heavy atom. The van der Waals surface area contributed by atoms with E-state index in [-0.39, 0.29) is 11.1 Å². The Balaban J connectivity index is 2.36. The van der Waals surface area contributed by atoms with Gasteiger partial charge in [0.25, 0.3) is 0 Å². The van der Waals surface area contributed by atoms with Gasteiger partial charge in [-0.25, -0.2) is 9.59 Å². The van der Waals surface area contributed by atoms with Crippen molar-refractivity contribution in [3.05, 3.63) is 47.5 Å². The molecule has 116 valence electrons. The number of thiol groups is 2. The number of carbonyl (C=O) groups is 2. The third-order valence-corrected chi connectivity index (χ3v) is 3.26. The van der Waals surface area contributed by atoms with Gasteiger partial charge >= 0.3 is 33.9 Å². The molecule has 2 aromatic rings. The predicted octanol–water partition coefficient (Wildman–Crippen LogP) is 0.206. The molecule has 0 aliphatic carbocycles. The third kappa shape index (κ3) is 3.80. The lowest BCUT2D eigenvalue weighted by Crippen LogP contribution is -2.04. The summed E-state index contributed by atoms with van der Waals surface area (Å²) >= 11 is 0. The SMILES string of the molecule is O=C(O[SH](=O)=O)c1ccc2cc(C(=O)O[SH](=O)=O)ccc2c1. The molecule has 10 heteroatoms. The van der Waals surface area contributed by atoms with Crippen LogP contribution < -0.4 is 0 Å². The van der Waals surface area contributed by atoms with Crippen molar-refractivity contribution in [1.82, 2.24) is 0 Å². The molecule has 0 N–H and O–H groups in total. The van der Waals surface area contributed by atoms with Crippen LogP contribution in [0.15, 0.2) is 36.4 Å². The van der Waals surface area contributed by atoms with E-state index in [0.717, 1.165) is 0 Å². The van der Waals surface area contributed by atoms with E-state index in [2.05, 4.69) is 8.37 Å². The second-order valence-electron chi connectivity index (χ2n) is 3.98. The molecule has 0 aliphatic heterocycles. The minimum atomic E-state index is -3.30. The fraction of sp³-hybridized carbons (Fsp3) is 0. The normalized spacial score (nSPS) is 10.8. The number of benzene rings is 2. The molecule has 0 unspecified atom stereocenters. The number of hydrogen-bond acceptors (Lipinski definition) is 8. The first-order valence-corrected chi connectivity index (χ1v) is 7.83. The monoisotopic (exact) mass is 344 g/mol. The Bertz CT molecular complexity index is 819. The molecule has 8 nitrogen and oxygen atoms in total. The van der Waals surface area contributed by atoms with Crippen LogP contribution in [-0.2, 0) is 30.3 Å². The quantitative estimate of drug-likeness (QED) is 0.755. The minimum Gasteiger partial charge on any atom is -0.343 e. The van der Waals surface area contributed by atoms with Gasteiger partial charge in [-0.1, -0.05) is 12.1 Å².